The third-order valence-corrected chi connectivity index (χ3v) is 5.46. The van der Waals surface area contributed by atoms with E-state index in [1.165, 1.54) is 0 Å². The summed E-state index contributed by atoms with van der Waals surface area (Å²) in [6, 6.07) is 3.72. The lowest BCUT2D eigenvalue weighted by atomic mass is 9.87. The van der Waals surface area contributed by atoms with Gasteiger partial charge in [-0.1, -0.05) is 0 Å². The summed E-state index contributed by atoms with van der Waals surface area (Å²) in [5.74, 6) is 3.06. The topological polar surface area (TPSA) is 64.6 Å². The molecule has 1 aromatic rings. The van der Waals surface area contributed by atoms with Crippen LogP contribution in [0.15, 0.2) is 17.1 Å². The molecule has 8 heteroatoms. The average molecular weight is 505 g/mol. The number of aliphatic imine (C=N–C) groups is 1. The van der Waals surface area contributed by atoms with Gasteiger partial charge in [-0.05, 0) is 19.8 Å². The van der Waals surface area contributed by atoms with Gasteiger partial charge in [0.1, 0.15) is 17.2 Å². The fraction of sp³-hybridized carbons (Fsp3) is 0.650. The molecule has 1 N–H and O–H groups in total. The smallest absolute Gasteiger partial charge is 0.194 e. The number of methoxy groups -OCH3 is 3. The number of nitrogens with one attached hydrogen (secondary N) is 1. The van der Waals surface area contributed by atoms with Gasteiger partial charge in [-0.15, -0.1) is 24.0 Å². The maximum Gasteiger partial charge on any atom is 0.194 e. The fourth-order valence-corrected chi connectivity index (χ4v) is 3.90. The Morgan fingerprint density at radius 1 is 1.18 bits per heavy atom. The first-order valence-corrected chi connectivity index (χ1v) is 9.54. The van der Waals surface area contributed by atoms with E-state index >= 15 is 0 Å². The van der Waals surface area contributed by atoms with Crippen molar-refractivity contribution in [2.75, 3.05) is 54.2 Å². The van der Waals surface area contributed by atoms with E-state index < -0.39 is 0 Å². The molecule has 0 amide bonds. The maximum atomic E-state index is 5.65. The molecule has 7 nitrogen and oxygen atoms in total. The highest BCUT2D eigenvalue weighted by atomic mass is 127. The van der Waals surface area contributed by atoms with Crippen molar-refractivity contribution in [2.24, 2.45) is 10.4 Å². The van der Waals surface area contributed by atoms with Crippen molar-refractivity contribution >= 4 is 29.9 Å². The first kappa shape index (κ1) is 22.9. The van der Waals surface area contributed by atoms with Gasteiger partial charge in [-0.2, -0.15) is 0 Å². The molecule has 2 fully saturated rings. The number of benzene rings is 1. The van der Waals surface area contributed by atoms with E-state index in [0.717, 1.165) is 57.2 Å². The van der Waals surface area contributed by atoms with Crippen LogP contribution in [-0.2, 0) is 11.3 Å². The highest BCUT2D eigenvalue weighted by Crippen LogP contribution is 2.38. The van der Waals surface area contributed by atoms with Crippen molar-refractivity contribution in [3.05, 3.63) is 17.7 Å². The molecule has 0 saturated carbocycles. The van der Waals surface area contributed by atoms with Crippen LogP contribution in [0.5, 0.6) is 17.2 Å². The van der Waals surface area contributed by atoms with Crippen LogP contribution in [0.3, 0.4) is 0 Å². The zero-order valence-corrected chi connectivity index (χ0v) is 19.6. The predicted molar refractivity (Wildman–Crippen MR) is 120 cm³/mol. The Hall–Kier alpha value is -1.42. The van der Waals surface area contributed by atoms with Crippen LogP contribution >= 0.6 is 24.0 Å². The standard InChI is InChI=1S/C20H31N3O4.HI/c1-5-21-19(23-8-6-20(13-23)7-9-27-14-20)22-12-16-17(25-3)10-15(24-2)11-18(16)26-4;/h10-11H,5-9,12-14H2,1-4H3,(H,21,22);1H. The van der Waals surface area contributed by atoms with Gasteiger partial charge in [0.05, 0.1) is 40.0 Å². The molecule has 2 heterocycles. The molecule has 0 radical (unpaired) electrons. The Labute approximate surface area is 184 Å². The van der Waals surface area contributed by atoms with Crippen LogP contribution in [-0.4, -0.2) is 65.0 Å². The van der Waals surface area contributed by atoms with Gasteiger partial charge in [0.25, 0.3) is 0 Å². The monoisotopic (exact) mass is 505 g/mol. The van der Waals surface area contributed by atoms with Gasteiger partial charge in [-0.3, -0.25) is 0 Å². The summed E-state index contributed by atoms with van der Waals surface area (Å²) in [6.45, 7) is 7.13. The summed E-state index contributed by atoms with van der Waals surface area (Å²) in [5, 5.41) is 3.43. The van der Waals surface area contributed by atoms with Crippen LogP contribution in [0.1, 0.15) is 25.3 Å². The van der Waals surface area contributed by atoms with Gasteiger partial charge in [-0.25, -0.2) is 4.99 Å². The number of hydrogen-bond acceptors (Lipinski definition) is 5. The lowest BCUT2D eigenvalue weighted by molar-refractivity contribution is 0.156. The van der Waals surface area contributed by atoms with Crippen molar-refractivity contribution in [3.8, 4) is 17.2 Å². The maximum absolute atomic E-state index is 5.65. The number of rotatable bonds is 6. The number of likely N-dealkylation sites (tertiary alicyclic amines) is 1. The van der Waals surface area contributed by atoms with E-state index in [1.54, 1.807) is 21.3 Å². The minimum absolute atomic E-state index is 0. The Balaban J connectivity index is 0.00000280. The van der Waals surface area contributed by atoms with Crippen LogP contribution in [0.2, 0.25) is 0 Å². The summed E-state index contributed by atoms with van der Waals surface area (Å²) < 4.78 is 22.1. The lowest BCUT2D eigenvalue weighted by Crippen LogP contribution is -2.41. The third-order valence-electron chi connectivity index (χ3n) is 5.46. The highest BCUT2D eigenvalue weighted by Gasteiger charge is 2.42. The number of ether oxygens (including phenoxy) is 4. The summed E-state index contributed by atoms with van der Waals surface area (Å²) in [7, 11) is 4.93. The van der Waals surface area contributed by atoms with Gasteiger partial charge in [0.2, 0.25) is 0 Å². The van der Waals surface area contributed by atoms with E-state index in [0.29, 0.717) is 29.2 Å². The largest absolute Gasteiger partial charge is 0.496 e. The number of hydrogen-bond donors (Lipinski definition) is 1. The van der Waals surface area contributed by atoms with E-state index in [1.807, 2.05) is 12.1 Å². The molecule has 1 aromatic carbocycles. The highest BCUT2D eigenvalue weighted by molar-refractivity contribution is 14.0. The molecule has 2 saturated heterocycles. The zero-order chi connectivity index (χ0) is 19.3. The molecule has 1 spiro atoms. The van der Waals surface area contributed by atoms with E-state index in [-0.39, 0.29) is 24.0 Å². The summed E-state index contributed by atoms with van der Waals surface area (Å²) in [5.41, 5.74) is 1.21. The summed E-state index contributed by atoms with van der Waals surface area (Å²) in [4.78, 5) is 7.23. The molecule has 2 aliphatic heterocycles. The summed E-state index contributed by atoms with van der Waals surface area (Å²) in [6.07, 6.45) is 2.30. The Morgan fingerprint density at radius 3 is 2.43 bits per heavy atom. The van der Waals surface area contributed by atoms with Crippen molar-refractivity contribution in [3.63, 3.8) is 0 Å². The second kappa shape index (κ2) is 10.4. The molecule has 1 atom stereocenters. The van der Waals surface area contributed by atoms with Crippen LogP contribution in [0.4, 0.5) is 0 Å². The summed E-state index contributed by atoms with van der Waals surface area (Å²) >= 11 is 0. The van der Waals surface area contributed by atoms with Gasteiger partial charge in [0.15, 0.2) is 5.96 Å². The second-order valence-electron chi connectivity index (χ2n) is 7.15. The van der Waals surface area contributed by atoms with Crippen LogP contribution in [0.25, 0.3) is 0 Å². The number of nitrogens with zero attached hydrogens (tertiary/aromatic N) is 2. The molecule has 0 bridgehead atoms. The minimum atomic E-state index is 0. The Bertz CT molecular complexity index is 652. The molecule has 3 rings (SSSR count). The normalized spacial score (nSPS) is 21.6. The predicted octanol–water partition coefficient (Wildman–Crippen LogP) is 2.91. The van der Waals surface area contributed by atoms with Crippen molar-refractivity contribution in [1.82, 2.24) is 10.2 Å². The molecular weight excluding hydrogens is 473 g/mol. The SMILES string of the molecule is CCNC(=NCc1c(OC)cc(OC)cc1OC)N1CCC2(CCOC2)C1.I. The molecule has 158 valence electrons. The number of guanidine groups is 1. The molecular formula is C20H32IN3O4. The lowest BCUT2D eigenvalue weighted by Gasteiger charge is -2.25. The van der Waals surface area contributed by atoms with Crippen molar-refractivity contribution in [1.29, 1.82) is 0 Å². The van der Waals surface area contributed by atoms with Crippen LogP contribution < -0.4 is 19.5 Å². The van der Waals surface area contributed by atoms with E-state index in [4.69, 9.17) is 23.9 Å². The second-order valence-corrected chi connectivity index (χ2v) is 7.15. The van der Waals surface area contributed by atoms with E-state index in [2.05, 4.69) is 17.1 Å². The van der Waals surface area contributed by atoms with Crippen LogP contribution in [0, 0.1) is 5.41 Å². The van der Waals surface area contributed by atoms with Gasteiger partial charge in [0, 0.05) is 43.8 Å². The molecule has 0 aromatic heterocycles. The first-order valence-electron chi connectivity index (χ1n) is 9.54. The minimum Gasteiger partial charge on any atom is -0.496 e. The molecule has 1 unspecified atom stereocenters. The Kier molecular flexibility index (Phi) is 8.48. The van der Waals surface area contributed by atoms with Gasteiger partial charge >= 0.3 is 0 Å². The molecule has 0 aliphatic carbocycles. The molecule has 28 heavy (non-hydrogen) atoms. The average Bonchev–Trinajstić information content (AvgIpc) is 3.34. The Morgan fingerprint density at radius 2 is 1.89 bits per heavy atom. The fourth-order valence-electron chi connectivity index (χ4n) is 3.90. The molecule has 2 aliphatic rings. The zero-order valence-electron chi connectivity index (χ0n) is 17.2. The number of halogens is 1. The van der Waals surface area contributed by atoms with Gasteiger partial charge < -0.3 is 29.2 Å². The quantitative estimate of drug-likeness (QED) is 0.365. The van der Waals surface area contributed by atoms with E-state index in [9.17, 15) is 0 Å². The first-order chi connectivity index (χ1) is 13.1. The van der Waals surface area contributed by atoms with Crippen molar-refractivity contribution < 1.29 is 18.9 Å². The van der Waals surface area contributed by atoms with Crippen molar-refractivity contribution in [2.45, 2.75) is 26.3 Å². The third kappa shape index (κ3) is 4.94.